The highest BCUT2D eigenvalue weighted by molar-refractivity contribution is 6.32. The monoisotopic (exact) mass is 421 g/mol. The number of aromatic nitrogens is 2. The predicted molar refractivity (Wildman–Crippen MR) is 116 cm³/mol. The van der Waals surface area contributed by atoms with Gasteiger partial charge in [-0.1, -0.05) is 59.2 Å². The van der Waals surface area contributed by atoms with Crippen LogP contribution >= 0.6 is 11.6 Å². The van der Waals surface area contributed by atoms with E-state index in [1.54, 1.807) is 37.1 Å². The van der Waals surface area contributed by atoms with E-state index in [2.05, 4.69) is 10.1 Å². The van der Waals surface area contributed by atoms with Crippen LogP contribution in [0.5, 0.6) is 5.75 Å². The van der Waals surface area contributed by atoms with Gasteiger partial charge in [0.15, 0.2) is 0 Å². The number of para-hydroxylation sites is 1. The van der Waals surface area contributed by atoms with Crippen LogP contribution in [0, 0.1) is 6.92 Å². The first-order chi connectivity index (χ1) is 14.5. The van der Waals surface area contributed by atoms with Gasteiger partial charge < -0.3 is 14.2 Å². The number of hydrogen-bond acceptors (Lipinski definition) is 5. The van der Waals surface area contributed by atoms with Crippen molar-refractivity contribution in [2.75, 3.05) is 20.2 Å². The number of hydrogen-bond donors (Lipinski definition) is 0. The lowest BCUT2D eigenvalue weighted by atomic mass is 10.0. The van der Waals surface area contributed by atoms with Crippen LogP contribution in [-0.4, -0.2) is 41.1 Å². The molecule has 4 aromatic rings. The number of ether oxygens (including phenoxy) is 1. The lowest BCUT2D eigenvalue weighted by molar-refractivity contribution is 0.0775. The third-order valence-electron chi connectivity index (χ3n) is 4.78. The van der Waals surface area contributed by atoms with Gasteiger partial charge in [-0.25, -0.2) is 4.98 Å². The van der Waals surface area contributed by atoms with E-state index in [0.29, 0.717) is 52.0 Å². The number of carbonyl (C=O) groups excluding carboxylic acids is 1. The van der Waals surface area contributed by atoms with Crippen molar-refractivity contribution in [1.29, 1.82) is 0 Å². The number of amides is 1. The molecular formula is C23H20ClN3O3. The highest BCUT2D eigenvalue weighted by atomic mass is 35.5. The standard InChI is InChI=1S/C23H20ClN3O3/c1-15-21-17(14-19(25-22(21)30-26-15)16-8-4-3-5-9-16)23(28)27(2)12-13-29-20-11-7-6-10-18(20)24/h3-11,14H,12-13H2,1-2H3. The fraction of sp³-hybridized carbons (Fsp3) is 0.174. The third-order valence-corrected chi connectivity index (χ3v) is 5.10. The summed E-state index contributed by atoms with van der Waals surface area (Å²) < 4.78 is 11.1. The molecule has 2 heterocycles. The molecule has 0 saturated carbocycles. The van der Waals surface area contributed by atoms with E-state index >= 15 is 0 Å². The summed E-state index contributed by atoms with van der Waals surface area (Å²) in [5.41, 5.74) is 3.02. The molecule has 2 aromatic heterocycles. The van der Waals surface area contributed by atoms with Crippen LogP contribution in [0.1, 0.15) is 16.1 Å². The topological polar surface area (TPSA) is 68.5 Å². The quantitative estimate of drug-likeness (QED) is 0.438. The van der Waals surface area contributed by atoms with Crippen molar-refractivity contribution in [3.8, 4) is 17.0 Å². The van der Waals surface area contributed by atoms with Crippen molar-refractivity contribution in [1.82, 2.24) is 15.0 Å². The average Bonchev–Trinajstić information content (AvgIpc) is 3.15. The zero-order valence-electron chi connectivity index (χ0n) is 16.6. The van der Waals surface area contributed by atoms with Crippen molar-refractivity contribution >= 4 is 28.6 Å². The number of halogens is 1. The lowest BCUT2D eigenvalue weighted by Gasteiger charge is -2.18. The minimum absolute atomic E-state index is 0.159. The minimum atomic E-state index is -0.159. The fourth-order valence-corrected chi connectivity index (χ4v) is 3.37. The zero-order valence-corrected chi connectivity index (χ0v) is 17.4. The number of pyridine rings is 1. The van der Waals surface area contributed by atoms with E-state index in [9.17, 15) is 4.79 Å². The van der Waals surface area contributed by atoms with Gasteiger partial charge in [-0.05, 0) is 25.1 Å². The van der Waals surface area contributed by atoms with Gasteiger partial charge >= 0.3 is 0 Å². The molecule has 0 aliphatic heterocycles. The number of benzene rings is 2. The van der Waals surface area contributed by atoms with Gasteiger partial charge in [-0.15, -0.1) is 0 Å². The molecule has 0 spiro atoms. The van der Waals surface area contributed by atoms with Crippen molar-refractivity contribution in [3.63, 3.8) is 0 Å². The SMILES string of the molecule is Cc1noc2nc(-c3ccccc3)cc(C(=O)N(C)CCOc3ccccc3Cl)c12. The van der Waals surface area contributed by atoms with Crippen LogP contribution in [0.15, 0.2) is 65.2 Å². The zero-order chi connectivity index (χ0) is 21.1. The van der Waals surface area contributed by atoms with E-state index in [4.69, 9.17) is 20.9 Å². The molecule has 0 atom stereocenters. The number of carbonyl (C=O) groups is 1. The second kappa shape index (κ2) is 8.55. The number of nitrogens with zero attached hydrogens (tertiary/aromatic N) is 3. The van der Waals surface area contributed by atoms with E-state index < -0.39 is 0 Å². The Morgan fingerprint density at radius 2 is 1.87 bits per heavy atom. The smallest absolute Gasteiger partial charge is 0.259 e. The molecule has 0 radical (unpaired) electrons. The van der Waals surface area contributed by atoms with E-state index in [1.165, 1.54) is 0 Å². The average molecular weight is 422 g/mol. The van der Waals surface area contributed by atoms with E-state index in [1.807, 2.05) is 42.5 Å². The summed E-state index contributed by atoms with van der Waals surface area (Å²) in [6.07, 6.45) is 0. The number of likely N-dealkylation sites (N-methyl/N-ethyl adjacent to an activating group) is 1. The van der Waals surface area contributed by atoms with Crippen molar-refractivity contribution in [2.45, 2.75) is 6.92 Å². The summed E-state index contributed by atoms with van der Waals surface area (Å²) in [5.74, 6) is 0.432. The molecule has 0 saturated heterocycles. The van der Waals surface area contributed by atoms with Gasteiger partial charge in [0.2, 0.25) is 0 Å². The molecule has 152 valence electrons. The fourth-order valence-electron chi connectivity index (χ4n) is 3.18. The molecule has 6 nitrogen and oxygen atoms in total. The maximum absolute atomic E-state index is 13.2. The van der Waals surface area contributed by atoms with Crippen molar-refractivity contribution in [3.05, 3.63) is 76.9 Å². The number of aryl methyl sites for hydroxylation is 1. The Hall–Kier alpha value is -3.38. The third kappa shape index (κ3) is 4.00. The first-order valence-corrected chi connectivity index (χ1v) is 9.87. The van der Waals surface area contributed by atoms with E-state index in [0.717, 1.165) is 5.56 Å². The minimum Gasteiger partial charge on any atom is -0.490 e. The largest absolute Gasteiger partial charge is 0.490 e. The van der Waals surface area contributed by atoms with Crippen molar-refractivity contribution < 1.29 is 14.1 Å². The molecule has 0 bridgehead atoms. The van der Waals surface area contributed by atoms with Gasteiger partial charge in [0.1, 0.15) is 12.4 Å². The Morgan fingerprint density at radius 3 is 2.63 bits per heavy atom. The predicted octanol–water partition coefficient (Wildman–Crippen LogP) is 5.00. The van der Waals surface area contributed by atoms with Gasteiger partial charge in [0.05, 0.1) is 33.9 Å². The number of fused-ring (bicyclic) bond motifs is 1. The van der Waals surface area contributed by atoms with Gasteiger partial charge in [0, 0.05) is 12.6 Å². The van der Waals surface area contributed by atoms with Crippen LogP contribution in [-0.2, 0) is 0 Å². The molecule has 4 rings (SSSR count). The maximum Gasteiger partial charge on any atom is 0.259 e. The number of rotatable bonds is 6. The molecule has 0 aliphatic carbocycles. The lowest BCUT2D eigenvalue weighted by Crippen LogP contribution is -2.31. The Morgan fingerprint density at radius 1 is 1.13 bits per heavy atom. The van der Waals surface area contributed by atoms with Gasteiger partial charge in [0.25, 0.3) is 11.6 Å². The van der Waals surface area contributed by atoms with Crippen LogP contribution in [0.2, 0.25) is 5.02 Å². The van der Waals surface area contributed by atoms with Crippen LogP contribution in [0.3, 0.4) is 0 Å². The molecule has 0 unspecified atom stereocenters. The van der Waals surface area contributed by atoms with Gasteiger partial charge in [-0.2, -0.15) is 0 Å². The molecular weight excluding hydrogens is 402 g/mol. The first kappa shape index (κ1) is 19.9. The molecule has 30 heavy (non-hydrogen) atoms. The Balaban J connectivity index is 1.58. The van der Waals surface area contributed by atoms with Crippen LogP contribution in [0.4, 0.5) is 0 Å². The normalized spacial score (nSPS) is 10.9. The van der Waals surface area contributed by atoms with Crippen LogP contribution < -0.4 is 4.74 Å². The summed E-state index contributed by atoms with van der Waals surface area (Å²) in [6.45, 7) is 2.50. The second-order valence-corrected chi connectivity index (χ2v) is 7.28. The Bertz CT molecular complexity index is 1190. The Labute approximate surface area is 179 Å². The summed E-state index contributed by atoms with van der Waals surface area (Å²) in [5, 5.41) is 5.16. The van der Waals surface area contributed by atoms with Crippen LogP contribution in [0.25, 0.3) is 22.4 Å². The Kier molecular flexibility index (Phi) is 5.68. The summed E-state index contributed by atoms with van der Waals surface area (Å²) in [7, 11) is 1.73. The molecule has 1 amide bonds. The molecule has 0 N–H and O–H groups in total. The highest BCUT2D eigenvalue weighted by Gasteiger charge is 2.22. The molecule has 0 aliphatic rings. The first-order valence-electron chi connectivity index (χ1n) is 9.50. The summed E-state index contributed by atoms with van der Waals surface area (Å²) in [6, 6.07) is 18.7. The second-order valence-electron chi connectivity index (χ2n) is 6.87. The molecule has 0 fully saturated rings. The van der Waals surface area contributed by atoms with Crippen molar-refractivity contribution in [2.24, 2.45) is 0 Å². The highest BCUT2D eigenvalue weighted by Crippen LogP contribution is 2.28. The summed E-state index contributed by atoms with van der Waals surface area (Å²) in [4.78, 5) is 19.4. The summed E-state index contributed by atoms with van der Waals surface area (Å²) >= 11 is 6.11. The van der Waals surface area contributed by atoms with E-state index in [-0.39, 0.29) is 5.91 Å². The maximum atomic E-state index is 13.2. The van der Waals surface area contributed by atoms with Gasteiger partial charge in [-0.3, -0.25) is 4.79 Å². The molecule has 7 heteroatoms. The molecule has 2 aromatic carbocycles.